The van der Waals surface area contributed by atoms with Gasteiger partial charge in [0.05, 0.1) is 0 Å². The van der Waals surface area contributed by atoms with Crippen molar-refractivity contribution in [2.45, 2.75) is 17.7 Å². The summed E-state index contributed by atoms with van der Waals surface area (Å²) in [4.78, 5) is 4.12. The smallest absolute Gasteiger partial charge is 0.244 e. The minimum absolute atomic E-state index is 0.241. The second-order valence-electron chi connectivity index (χ2n) is 4.07. The predicted octanol–water partition coefficient (Wildman–Crippen LogP) is 1.87. The fourth-order valence-corrected chi connectivity index (χ4v) is 3.23. The molecule has 2 rings (SSSR count). The van der Waals surface area contributed by atoms with Gasteiger partial charge in [0.25, 0.3) is 0 Å². The third kappa shape index (κ3) is 2.61. The fourth-order valence-electron chi connectivity index (χ4n) is 1.48. The van der Waals surface area contributed by atoms with Crippen molar-refractivity contribution in [1.29, 1.82) is 0 Å². The Labute approximate surface area is 104 Å². The molecule has 0 saturated heterocycles. The van der Waals surface area contributed by atoms with Crippen LogP contribution < -0.4 is 0 Å². The van der Waals surface area contributed by atoms with Crippen LogP contribution in [0.5, 0.6) is 0 Å². The van der Waals surface area contributed by atoms with Crippen LogP contribution in [0.3, 0.4) is 0 Å². The highest BCUT2D eigenvalue weighted by Crippen LogP contribution is 2.31. The first-order valence-electron chi connectivity index (χ1n) is 5.07. The van der Waals surface area contributed by atoms with Crippen molar-refractivity contribution >= 4 is 26.0 Å². The highest BCUT2D eigenvalue weighted by Gasteiger charge is 2.29. The van der Waals surface area contributed by atoms with Gasteiger partial charge in [0.1, 0.15) is 4.90 Å². The van der Waals surface area contributed by atoms with E-state index in [1.807, 2.05) is 0 Å². The van der Waals surface area contributed by atoms with Crippen molar-refractivity contribution in [1.82, 2.24) is 9.29 Å². The van der Waals surface area contributed by atoms with Gasteiger partial charge in [-0.25, -0.2) is 12.7 Å². The van der Waals surface area contributed by atoms with Crippen molar-refractivity contribution in [2.24, 2.45) is 5.92 Å². The van der Waals surface area contributed by atoms with Crippen molar-refractivity contribution in [3.63, 3.8) is 0 Å². The van der Waals surface area contributed by atoms with Gasteiger partial charge in [-0.15, -0.1) is 0 Å². The van der Waals surface area contributed by atoms with Gasteiger partial charge in [-0.3, -0.25) is 4.98 Å². The lowest BCUT2D eigenvalue weighted by Crippen LogP contribution is -2.29. The first kappa shape index (κ1) is 12.0. The summed E-state index contributed by atoms with van der Waals surface area (Å²) in [6.45, 7) is 0.606. The van der Waals surface area contributed by atoms with Gasteiger partial charge in [-0.2, -0.15) is 0 Å². The summed E-state index contributed by atoms with van der Waals surface area (Å²) in [6, 6.07) is 1.58. The maximum Gasteiger partial charge on any atom is 0.244 e. The molecule has 4 nitrogen and oxygen atoms in total. The van der Waals surface area contributed by atoms with Crippen molar-refractivity contribution in [3.8, 4) is 0 Å². The maximum atomic E-state index is 12.1. The maximum absolute atomic E-state index is 12.1. The molecule has 1 saturated carbocycles. The van der Waals surface area contributed by atoms with E-state index in [0.29, 0.717) is 16.9 Å². The number of halogens is 1. The van der Waals surface area contributed by atoms with Crippen LogP contribution in [0.15, 0.2) is 27.8 Å². The van der Waals surface area contributed by atoms with E-state index in [-0.39, 0.29) is 4.90 Å². The molecule has 0 radical (unpaired) electrons. The molecule has 88 valence electrons. The Bertz CT molecular complexity index is 485. The molecular formula is C10H13BrN2O2S. The first-order chi connectivity index (χ1) is 7.50. The molecule has 0 bridgehead atoms. The molecule has 1 aromatic rings. The van der Waals surface area contributed by atoms with Crippen LogP contribution in [0.25, 0.3) is 0 Å². The lowest BCUT2D eigenvalue weighted by atomic mass is 10.4. The molecule has 16 heavy (non-hydrogen) atoms. The fraction of sp³-hybridized carbons (Fsp3) is 0.500. The van der Waals surface area contributed by atoms with Crippen LogP contribution in [0.1, 0.15) is 12.8 Å². The van der Waals surface area contributed by atoms with Gasteiger partial charge in [0.15, 0.2) is 0 Å². The molecule has 0 amide bonds. The molecule has 0 unspecified atom stereocenters. The van der Waals surface area contributed by atoms with E-state index in [1.54, 1.807) is 19.3 Å². The van der Waals surface area contributed by atoms with Gasteiger partial charge in [-0.05, 0) is 40.8 Å². The number of hydrogen-bond acceptors (Lipinski definition) is 3. The molecule has 1 aromatic heterocycles. The number of nitrogens with zero attached hydrogens (tertiary/aromatic N) is 2. The summed E-state index contributed by atoms with van der Waals surface area (Å²) in [5.74, 6) is 0.542. The van der Waals surface area contributed by atoms with Crippen LogP contribution in [-0.4, -0.2) is 31.3 Å². The molecule has 1 aliphatic carbocycles. The third-order valence-corrected chi connectivity index (χ3v) is 4.82. The molecule has 0 aromatic carbocycles. The van der Waals surface area contributed by atoms with E-state index >= 15 is 0 Å². The number of pyridine rings is 1. The third-order valence-electron chi connectivity index (χ3n) is 2.60. The van der Waals surface area contributed by atoms with E-state index in [4.69, 9.17) is 0 Å². The molecule has 0 N–H and O–H groups in total. The van der Waals surface area contributed by atoms with E-state index in [2.05, 4.69) is 20.9 Å². The number of rotatable bonds is 4. The molecule has 0 atom stereocenters. The highest BCUT2D eigenvalue weighted by atomic mass is 79.9. The number of aromatic nitrogens is 1. The summed E-state index contributed by atoms with van der Waals surface area (Å²) < 4.78 is 26.3. The van der Waals surface area contributed by atoms with Crippen molar-refractivity contribution in [3.05, 3.63) is 22.9 Å². The summed E-state index contributed by atoms with van der Waals surface area (Å²) in [7, 11) is -1.76. The second kappa shape index (κ2) is 4.43. The van der Waals surface area contributed by atoms with Crippen LogP contribution in [0.4, 0.5) is 0 Å². The summed E-state index contributed by atoms with van der Waals surface area (Å²) >= 11 is 3.22. The van der Waals surface area contributed by atoms with Gasteiger partial charge < -0.3 is 0 Å². The molecule has 1 heterocycles. The Kier molecular flexibility index (Phi) is 3.32. The largest absolute Gasteiger partial charge is 0.262 e. The van der Waals surface area contributed by atoms with E-state index in [0.717, 1.165) is 12.8 Å². The van der Waals surface area contributed by atoms with Gasteiger partial charge >= 0.3 is 0 Å². The van der Waals surface area contributed by atoms with Crippen LogP contribution in [0, 0.1) is 5.92 Å². The average molecular weight is 305 g/mol. The van der Waals surface area contributed by atoms with Crippen molar-refractivity contribution < 1.29 is 8.42 Å². The Morgan fingerprint density at radius 3 is 2.75 bits per heavy atom. The zero-order valence-corrected chi connectivity index (χ0v) is 11.3. The quantitative estimate of drug-likeness (QED) is 0.853. The summed E-state index contributed by atoms with van der Waals surface area (Å²) in [5.41, 5.74) is 0. The minimum atomic E-state index is -3.38. The normalized spacial score (nSPS) is 16.7. The highest BCUT2D eigenvalue weighted by molar-refractivity contribution is 9.10. The zero-order valence-electron chi connectivity index (χ0n) is 8.93. The monoisotopic (exact) mass is 304 g/mol. The SMILES string of the molecule is CN(CC1CC1)S(=O)(=O)c1cncc(Br)c1. The van der Waals surface area contributed by atoms with E-state index in [9.17, 15) is 8.42 Å². The lowest BCUT2D eigenvalue weighted by molar-refractivity contribution is 0.452. The lowest BCUT2D eigenvalue weighted by Gasteiger charge is -2.16. The van der Waals surface area contributed by atoms with Crippen LogP contribution in [-0.2, 0) is 10.0 Å². The molecular weight excluding hydrogens is 292 g/mol. The molecule has 6 heteroatoms. The molecule has 1 aliphatic rings. The van der Waals surface area contributed by atoms with Gasteiger partial charge in [0.2, 0.25) is 10.0 Å². The molecule has 1 fully saturated rings. The first-order valence-corrected chi connectivity index (χ1v) is 7.30. The Balaban J connectivity index is 2.23. The topological polar surface area (TPSA) is 50.3 Å². The van der Waals surface area contributed by atoms with Crippen molar-refractivity contribution in [2.75, 3.05) is 13.6 Å². The second-order valence-corrected chi connectivity index (χ2v) is 7.03. The molecule has 0 aliphatic heterocycles. The predicted molar refractivity (Wildman–Crippen MR) is 64.5 cm³/mol. The summed E-state index contributed by atoms with van der Waals surface area (Å²) in [5, 5.41) is 0. The number of hydrogen-bond donors (Lipinski definition) is 0. The van der Waals surface area contributed by atoms with Gasteiger partial charge in [0, 0.05) is 30.5 Å². The number of sulfonamides is 1. The average Bonchev–Trinajstić information content (AvgIpc) is 3.01. The van der Waals surface area contributed by atoms with Crippen LogP contribution in [0.2, 0.25) is 0 Å². The Hall–Kier alpha value is -0.460. The molecule has 0 spiro atoms. The summed E-state index contributed by atoms with van der Waals surface area (Å²) in [6.07, 6.45) is 5.22. The van der Waals surface area contributed by atoms with E-state index < -0.39 is 10.0 Å². The Morgan fingerprint density at radius 2 is 2.19 bits per heavy atom. The van der Waals surface area contributed by atoms with Crippen LogP contribution >= 0.6 is 15.9 Å². The standard InChI is InChI=1S/C10H13BrN2O2S/c1-13(7-8-2-3-8)16(14,15)10-4-9(11)5-12-6-10/h4-6,8H,2-3,7H2,1H3. The van der Waals surface area contributed by atoms with E-state index in [1.165, 1.54) is 10.5 Å². The van der Waals surface area contributed by atoms with Gasteiger partial charge in [-0.1, -0.05) is 0 Å². The Morgan fingerprint density at radius 1 is 1.50 bits per heavy atom. The zero-order chi connectivity index (χ0) is 11.8. The minimum Gasteiger partial charge on any atom is -0.262 e.